The lowest BCUT2D eigenvalue weighted by molar-refractivity contribution is -0.143. The number of halogens is 1. The number of nitrogens with one attached hydrogen (secondary N) is 1. The number of benzene rings is 3. The van der Waals surface area contributed by atoms with Crippen LogP contribution in [0.4, 0.5) is 0 Å². The molecule has 0 saturated heterocycles. The van der Waals surface area contributed by atoms with Gasteiger partial charge in [0.25, 0.3) is 5.91 Å². The minimum absolute atomic E-state index is 0.00109. The van der Waals surface area contributed by atoms with Crippen LogP contribution in [0.25, 0.3) is 0 Å². The summed E-state index contributed by atoms with van der Waals surface area (Å²) in [7, 11) is 0. The summed E-state index contributed by atoms with van der Waals surface area (Å²) in [5, 5.41) is 3.49. The fraction of sp³-hybridized carbons (Fsp3) is 0.286. The maximum Gasteiger partial charge on any atom is 0.261 e. The summed E-state index contributed by atoms with van der Waals surface area (Å²) in [6.45, 7) is 4.04. The topological polar surface area (TPSA) is 58.6 Å². The molecule has 1 N–H and O–H groups in total. The minimum atomic E-state index is -0.695. The Morgan fingerprint density at radius 2 is 1.50 bits per heavy atom. The second-order valence-corrected chi connectivity index (χ2v) is 8.66. The van der Waals surface area contributed by atoms with Crippen LogP contribution in [0.15, 0.2) is 84.9 Å². The van der Waals surface area contributed by atoms with Gasteiger partial charge in [0.05, 0.1) is 5.02 Å². The number of carbonyl (C=O) groups is 2. The molecule has 3 aromatic carbocycles. The molecule has 2 atom stereocenters. The molecule has 6 heteroatoms. The summed E-state index contributed by atoms with van der Waals surface area (Å²) >= 11 is 6.20. The van der Waals surface area contributed by atoms with E-state index in [1.165, 1.54) is 0 Å². The van der Waals surface area contributed by atoms with Gasteiger partial charge in [-0.15, -0.1) is 0 Å². The lowest BCUT2D eigenvalue weighted by Crippen LogP contribution is -2.53. The van der Waals surface area contributed by atoms with Crippen LogP contribution in [0, 0.1) is 0 Å². The van der Waals surface area contributed by atoms with Crippen molar-refractivity contribution in [2.75, 3.05) is 6.61 Å². The van der Waals surface area contributed by atoms with E-state index in [1.807, 2.05) is 74.5 Å². The molecule has 0 aliphatic rings. The Balaban J connectivity index is 1.90. The number of ether oxygens (including phenoxy) is 1. The summed E-state index contributed by atoms with van der Waals surface area (Å²) < 4.78 is 5.74. The molecule has 3 rings (SSSR count). The molecule has 5 nitrogen and oxygen atoms in total. The molecular formula is C28H31ClN2O3. The number of amides is 2. The van der Waals surface area contributed by atoms with Crippen LogP contribution < -0.4 is 10.1 Å². The van der Waals surface area contributed by atoms with Gasteiger partial charge in [-0.25, -0.2) is 0 Å². The molecule has 0 radical (unpaired) electrons. The Kier molecular flexibility index (Phi) is 9.53. The summed E-state index contributed by atoms with van der Waals surface area (Å²) in [6, 6.07) is 25.7. The van der Waals surface area contributed by atoms with Crippen molar-refractivity contribution in [1.82, 2.24) is 10.2 Å². The molecule has 0 aliphatic carbocycles. The van der Waals surface area contributed by atoms with E-state index < -0.39 is 6.04 Å². The fourth-order valence-corrected chi connectivity index (χ4v) is 3.75. The number of hydrogen-bond acceptors (Lipinski definition) is 3. The molecule has 0 saturated carbocycles. The zero-order valence-electron chi connectivity index (χ0n) is 19.6. The van der Waals surface area contributed by atoms with Crippen LogP contribution in [-0.2, 0) is 22.6 Å². The van der Waals surface area contributed by atoms with Crippen LogP contribution in [0.2, 0.25) is 5.02 Å². The third-order valence-corrected chi connectivity index (χ3v) is 5.97. The second kappa shape index (κ2) is 12.8. The smallest absolute Gasteiger partial charge is 0.261 e. The van der Waals surface area contributed by atoms with Crippen LogP contribution in [0.3, 0.4) is 0 Å². The zero-order chi connectivity index (χ0) is 24.3. The lowest BCUT2D eigenvalue weighted by atomic mass is 10.0. The SMILES string of the molecule is CC[C@H](C)NC(=O)[C@@H](Cc1ccccc1)N(Cc1ccccc1)C(=O)COc1ccccc1Cl. The van der Waals surface area contributed by atoms with Crippen LogP contribution in [0.5, 0.6) is 5.75 Å². The molecule has 0 bridgehead atoms. The number of hydrogen-bond donors (Lipinski definition) is 1. The fourth-order valence-electron chi connectivity index (χ4n) is 3.56. The van der Waals surface area contributed by atoms with Crippen LogP contribution >= 0.6 is 11.6 Å². The molecule has 0 fully saturated rings. The van der Waals surface area contributed by atoms with E-state index >= 15 is 0 Å². The molecular weight excluding hydrogens is 448 g/mol. The van der Waals surface area contributed by atoms with Crippen molar-refractivity contribution in [2.24, 2.45) is 0 Å². The maximum atomic E-state index is 13.5. The standard InChI is InChI=1S/C28H31ClN2O3/c1-3-21(2)30-28(33)25(18-22-12-6-4-7-13-22)31(19-23-14-8-5-9-15-23)27(32)20-34-26-17-11-10-16-24(26)29/h4-17,21,25H,3,18-20H2,1-2H3,(H,30,33)/t21-,25+/m0/s1. The largest absolute Gasteiger partial charge is 0.482 e. The summed E-state index contributed by atoms with van der Waals surface area (Å²) in [4.78, 5) is 28.5. The Labute approximate surface area is 206 Å². The number of para-hydroxylation sites is 1. The minimum Gasteiger partial charge on any atom is -0.482 e. The third-order valence-electron chi connectivity index (χ3n) is 5.66. The van der Waals surface area contributed by atoms with Gasteiger partial charge >= 0.3 is 0 Å². The quantitative estimate of drug-likeness (QED) is 0.408. The predicted octanol–water partition coefficient (Wildman–Crippen LogP) is 5.27. The zero-order valence-corrected chi connectivity index (χ0v) is 20.4. The van der Waals surface area contributed by atoms with E-state index in [1.54, 1.807) is 29.2 Å². The van der Waals surface area contributed by atoms with Crippen molar-refractivity contribution in [2.45, 2.75) is 45.3 Å². The first kappa shape index (κ1) is 25.3. The highest BCUT2D eigenvalue weighted by Crippen LogP contribution is 2.23. The van der Waals surface area contributed by atoms with Gasteiger partial charge in [0.15, 0.2) is 6.61 Å². The molecule has 0 heterocycles. The predicted molar refractivity (Wildman–Crippen MR) is 136 cm³/mol. The van der Waals surface area contributed by atoms with Crippen molar-refractivity contribution < 1.29 is 14.3 Å². The van der Waals surface area contributed by atoms with Crippen molar-refractivity contribution in [3.8, 4) is 5.75 Å². The van der Waals surface area contributed by atoms with E-state index in [0.29, 0.717) is 17.2 Å². The molecule has 34 heavy (non-hydrogen) atoms. The molecule has 0 aliphatic heterocycles. The van der Waals surface area contributed by atoms with E-state index in [-0.39, 0.29) is 31.0 Å². The van der Waals surface area contributed by atoms with Gasteiger partial charge in [-0.2, -0.15) is 0 Å². The molecule has 0 spiro atoms. The van der Waals surface area contributed by atoms with Crippen molar-refractivity contribution in [1.29, 1.82) is 0 Å². The van der Waals surface area contributed by atoms with E-state index in [9.17, 15) is 9.59 Å². The highest BCUT2D eigenvalue weighted by atomic mass is 35.5. The van der Waals surface area contributed by atoms with E-state index in [0.717, 1.165) is 17.5 Å². The first-order valence-electron chi connectivity index (χ1n) is 11.5. The van der Waals surface area contributed by atoms with Gasteiger partial charge < -0.3 is 15.0 Å². The number of rotatable bonds is 11. The van der Waals surface area contributed by atoms with Gasteiger partial charge in [-0.1, -0.05) is 91.3 Å². The first-order chi connectivity index (χ1) is 16.5. The van der Waals surface area contributed by atoms with E-state index in [2.05, 4.69) is 5.32 Å². The lowest BCUT2D eigenvalue weighted by Gasteiger charge is -2.32. The van der Waals surface area contributed by atoms with Crippen molar-refractivity contribution >= 4 is 23.4 Å². The Hall–Kier alpha value is -3.31. The highest BCUT2D eigenvalue weighted by molar-refractivity contribution is 6.32. The third kappa shape index (κ3) is 7.35. The Morgan fingerprint density at radius 3 is 2.12 bits per heavy atom. The van der Waals surface area contributed by atoms with Gasteiger partial charge in [0.2, 0.25) is 5.91 Å². The average molecular weight is 479 g/mol. The maximum absolute atomic E-state index is 13.5. The van der Waals surface area contributed by atoms with Crippen LogP contribution in [0.1, 0.15) is 31.4 Å². The Morgan fingerprint density at radius 1 is 0.912 bits per heavy atom. The first-order valence-corrected chi connectivity index (χ1v) is 11.9. The molecule has 2 amide bonds. The number of nitrogens with zero attached hydrogens (tertiary/aromatic N) is 1. The average Bonchev–Trinajstić information content (AvgIpc) is 2.86. The normalized spacial score (nSPS) is 12.4. The highest BCUT2D eigenvalue weighted by Gasteiger charge is 2.31. The van der Waals surface area contributed by atoms with E-state index in [4.69, 9.17) is 16.3 Å². The molecule has 3 aromatic rings. The molecule has 0 aromatic heterocycles. The van der Waals surface area contributed by atoms with Gasteiger partial charge in [0, 0.05) is 19.0 Å². The molecule has 0 unspecified atom stereocenters. The molecule has 178 valence electrons. The summed E-state index contributed by atoms with van der Waals surface area (Å²) in [5.41, 5.74) is 1.91. The monoisotopic (exact) mass is 478 g/mol. The van der Waals surface area contributed by atoms with Gasteiger partial charge in [-0.3, -0.25) is 9.59 Å². The van der Waals surface area contributed by atoms with Gasteiger partial charge in [0.1, 0.15) is 11.8 Å². The van der Waals surface area contributed by atoms with Crippen molar-refractivity contribution in [3.05, 3.63) is 101 Å². The van der Waals surface area contributed by atoms with Crippen molar-refractivity contribution in [3.63, 3.8) is 0 Å². The number of carbonyl (C=O) groups excluding carboxylic acids is 2. The second-order valence-electron chi connectivity index (χ2n) is 8.25. The van der Waals surface area contributed by atoms with Gasteiger partial charge in [-0.05, 0) is 36.6 Å². The summed E-state index contributed by atoms with van der Waals surface area (Å²) in [6.07, 6.45) is 1.19. The van der Waals surface area contributed by atoms with Crippen LogP contribution in [-0.4, -0.2) is 35.4 Å². The Bertz CT molecular complexity index is 1060. The summed E-state index contributed by atoms with van der Waals surface area (Å²) in [5.74, 6) is -0.0370.